The van der Waals surface area contributed by atoms with E-state index in [0.29, 0.717) is 5.88 Å². The van der Waals surface area contributed by atoms with E-state index in [1.807, 2.05) is 17.5 Å². The van der Waals surface area contributed by atoms with Gasteiger partial charge in [-0.05, 0) is 25.0 Å². The molecule has 2 heterocycles. The second-order valence-corrected chi connectivity index (χ2v) is 5.05. The lowest BCUT2D eigenvalue weighted by Gasteiger charge is -1.94. The van der Waals surface area contributed by atoms with Crippen LogP contribution in [0.15, 0.2) is 18.3 Å². The fourth-order valence-electron chi connectivity index (χ4n) is 1.65. The lowest BCUT2D eigenvalue weighted by Crippen LogP contribution is -1.83. The van der Waals surface area contributed by atoms with E-state index >= 15 is 0 Å². The molecule has 0 spiro atoms. The van der Waals surface area contributed by atoms with E-state index in [9.17, 15) is 0 Å². The molecule has 2 aromatic heterocycles. The SMILES string of the molecule is CCCCc1cc2c(CCl)nccc2s1. The van der Waals surface area contributed by atoms with Gasteiger partial charge in [0.1, 0.15) is 0 Å². The average molecular weight is 240 g/mol. The summed E-state index contributed by atoms with van der Waals surface area (Å²) in [6, 6.07) is 4.33. The Morgan fingerprint density at radius 1 is 1.47 bits per heavy atom. The van der Waals surface area contributed by atoms with Crippen LogP contribution in [0.3, 0.4) is 0 Å². The highest BCUT2D eigenvalue weighted by molar-refractivity contribution is 7.19. The van der Waals surface area contributed by atoms with Crippen molar-refractivity contribution in [1.29, 1.82) is 0 Å². The molecule has 2 aromatic rings. The van der Waals surface area contributed by atoms with Gasteiger partial charge in [-0.2, -0.15) is 0 Å². The predicted molar refractivity (Wildman–Crippen MR) is 67.8 cm³/mol. The monoisotopic (exact) mass is 239 g/mol. The Morgan fingerprint density at radius 3 is 3.07 bits per heavy atom. The van der Waals surface area contributed by atoms with Crippen LogP contribution in [0, 0.1) is 0 Å². The molecule has 0 aliphatic heterocycles. The number of pyridine rings is 1. The van der Waals surface area contributed by atoms with Crippen molar-refractivity contribution < 1.29 is 0 Å². The molecule has 0 fully saturated rings. The summed E-state index contributed by atoms with van der Waals surface area (Å²) in [7, 11) is 0. The number of halogens is 1. The van der Waals surface area contributed by atoms with Gasteiger partial charge in [-0.3, -0.25) is 4.98 Å². The van der Waals surface area contributed by atoms with E-state index in [1.165, 1.54) is 34.2 Å². The number of unbranched alkanes of at least 4 members (excludes halogenated alkanes) is 1. The minimum absolute atomic E-state index is 0.501. The van der Waals surface area contributed by atoms with Crippen LogP contribution < -0.4 is 0 Å². The van der Waals surface area contributed by atoms with E-state index in [4.69, 9.17) is 11.6 Å². The first-order valence-corrected chi connectivity index (χ1v) is 6.62. The Morgan fingerprint density at radius 2 is 2.33 bits per heavy atom. The molecule has 0 saturated carbocycles. The van der Waals surface area contributed by atoms with Gasteiger partial charge in [0.05, 0.1) is 11.6 Å². The van der Waals surface area contributed by atoms with Crippen LogP contribution in [-0.2, 0) is 12.3 Å². The minimum atomic E-state index is 0.501. The Labute approximate surface area is 99.1 Å². The van der Waals surface area contributed by atoms with Gasteiger partial charge in [0.2, 0.25) is 0 Å². The zero-order valence-electron chi connectivity index (χ0n) is 8.79. The Hall–Kier alpha value is -0.600. The van der Waals surface area contributed by atoms with Crippen molar-refractivity contribution in [1.82, 2.24) is 4.98 Å². The molecule has 2 rings (SSSR count). The van der Waals surface area contributed by atoms with Gasteiger partial charge in [0, 0.05) is 21.2 Å². The highest BCUT2D eigenvalue weighted by Crippen LogP contribution is 2.28. The Balaban J connectivity index is 2.37. The topological polar surface area (TPSA) is 12.9 Å². The maximum Gasteiger partial charge on any atom is 0.0653 e. The molecule has 15 heavy (non-hydrogen) atoms. The minimum Gasteiger partial charge on any atom is -0.259 e. The van der Waals surface area contributed by atoms with Crippen molar-refractivity contribution in [2.45, 2.75) is 32.1 Å². The van der Waals surface area contributed by atoms with Crippen LogP contribution in [0.2, 0.25) is 0 Å². The van der Waals surface area contributed by atoms with Crippen molar-refractivity contribution in [3.05, 3.63) is 28.9 Å². The maximum absolute atomic E-state index is 5.86. The van der Waals surface area contributed by atoms with E-state index in [-0.39, 0.29) is 0 Å². The third kappa shape index (κ3) is 2.32. The lowest BCUT2D eigenvalue weighted by molar-refractivity contribution is 0.804. The zero-order chi connectivity index (χ0) is 10.7. The summed E-state index contributed by atoms with van der Waals surface area (Å²) in [4.78, 5) is 5.74. The van der Waals surface area contributed by atoms with Crippen LogP contribution in [0.1, 0.15) is 30.3 Å². The first kappa shape index (κ1) is 10.9. The van der Waals surface area contributed by atoms with Crippen molar-refractivity contribution in [3.63, 3.8) is 0 Å². The van der Waals surface area contributed by atoms with Crippen molar-refractivity contribution in [3.8, 4) is 0 Å². The highest BCUT2D eigenvalue weighted by Gasteiger charge is 2.05. The normalized spacial score (nSPS) is 11.1. The maximum atomic E-state index is 5.86. The van der Waals surface area contributed by atoms with Crippen LogP contribution in [0.5, 0.6) is 0 Å². The summed E-state index contributed by atoms with van der Waals surface area (Å²) < 4.78 is 1.31. The molecule has 0 saturated heterocycles. The number of aryl methyl sites for hydroxylation is 1. The van der Waals surface area contributed by atoms with Gasteiger partial charge in [-0.1, -0.05) is 13.3 Å². The second-order valence-electron chi connectivity index (χ2n) is 3.62. The molecule has 0 aliphatic carbocycles. The van der Waals surface area contributed by atoms with Crippen LogP contribution >= 0.6 is 22.9 Å². The molecular formula is C12H14ClNS. The number of nitrogens with zero attached hydrogens (tertiary/aromatic N) is 1. The van der Waals surface area contributed by atoms with Crippen LogP contribution in [-0.4, -0.2) is 4.98 Å². The molecule has 0 radical (unpaired) electrons. The first-order chi connectivity index (χ1) is 7.35. The smallest absolute Gasteiger partial charge is 0.0653 e. The standard InChI is InChI=1S/C12H14ClNS/c1-2-3-4-9-7-10-11(8-13)14-6-5-12(10)15-9/h5-7H,2-4,8H2,1H3. The van der Waals surface area contributed by atoms with Gasteiger partial charge < -0.3 is 0 Å². The second kappa shape index (κ2) is 4.95. The number of thiophene rings is 1. The predicted octanol–water partition coefficient (Wildman–Crippen LogP) is 4.38. The highest BCUT2D eigenvalue weighted by atomic mass is 35.5. The molecule has 3 heteroatoms. The zero-order valence-corrected chi connectivity index (χ0v) is 10.4. The third-order valence-electron chi connectivity index (χ3n) is 2.48. The number of hydrogen-bond acceptors (Lipinski definition) is 2. The van der Waals surface area contributed by atoms with E-state index in [1.54, 1.807) is 0 Å². The number of hydrogen-bond donors (Lipinski definition) is 0. The van der Waals surface area contributed by atoms with Gasteiger partial charge in [-0.15, -0.1) is 22.9 Å². The summed E-state index contributed by atoms with van der Waals surface area (Å²) in [6.45, 7) is 2.22. The molecule has 1 nitrogen and oxygen atoms in total. The first-order valence-electron chi connectivity index (χ1n) is 5.27. The lowest BCUT2D eigenvalue weighted by atomic mass is 10.2. The molecule has 0 N–H and O–H groups in total. The van der Waals surface area contributed by atoms with Gasteiger partial charge in [0.25, 0.3) is 0 Å². The molecule has 0 amide bonds. The molecule has 0 aliphatic rings. The summed E-state index contributed by atoms with van der Waals surface area (Å²) >= 11 is 7.73. The summed E-state index contributed by atoms with van der Waals surface area (Å²) in [5.41, 5.74) is 1.01. The van der Waals surface area contributed by atoms with Gasteiger partial charge in [-0.25, -0.2) is 0 Å². The van der Waals surface area contributed by atoms with E-state index in [0.717, 1.165) is 5.69 Å². The average Bonchev–Trinajstić information content (AvgIpc) is 2.68. The number of rotatable bonds is 4. The number of alkyl halides is 1. The van der Waals surface area contributed by atoms with E-state index < -0.39 is 0 Å². The largest absolute Gasteiger partial charge is 0.259 e. The quantitative estimate of drug-likeness (QED) is 0.722. The third-order valence-corrected chi connectivity index (χ3v) is 3.90. The Kier molecular flexibility index (Phi) is 3.60. The summed E-state index contributed by atoms with van der Waals surface area (Å²) in [5.74, 6) is 0.501. The number of fused-ring (bicyclic) bond motifs is 1. The number of aromatic nitrogens is 1. The fourth-order valence-corrected chi connectivity index (χ4v) is 2.99. The van der Waals surface area contributed by atoms with Crippen LogP contribution in [0.4, 0.5) is 0 Å². The summed E-state index contributed by atoms with van der Waals surface area (Å²) in [6.07, 6.45) is 5.53. The van der Waals surface area contributed by atoms with Gasteiger partial charge in [0.15, 0.2) is 0 Å². The molecule has 0 aromatic carbocycles. The Bertz CT molecular complexity index is 450. The van der Waals surface area contributed by atoms with Crippen molar-refractivity contribution in [2.75, 3.05) is 0 Å². The van der Waals surface area contributed by atoms with E-state index in [2.05, 4.69) is 24.0 Å². The molecule has 0 unspecified atom stereocenters. The molecular weight excluding hydrogens is 226 g/mol. The molecule has 80 valence electrons. The van der Waals surface area contributed by atoms with Crippen molar-refractivity contribution >= 4 is 33.0 Å². The van der Waals surface area contributed by atoms with Gasteiger partial charge >= 0.3 is 0 Å². The molecule has 0 bridgehead atoms. The van der Waals surface area contributed by atoms with Crippen molar-refractivity contribution in [2.24, 2.45) is 0 Å². The molecule has 0 atom stereocenters. The fraction of sp³-hybridized carbons (Fsp3) is 0.417. The van der Waals surface area contributed by atoms with Crippen LogP contribution in [0.25, 0.3) is 10.1 Å². The summed E-state index contributed by atoms with van der Waals surface area (Å²) in [5, 5.41) is 1.24.